The SMILES string of the molecule is CC1(C)C(=CC=CC=CC=CC2N(CCCCS(=O)(=O)O)c3ccccc3C2(C)C)N(CCCCS(=O)(=O)O)c2ccc(CC(=O)NC(CC(=O)O)C(=O)O)cc21. The number of carboxylic acid groups (broad SMARTS) is 2. The van der Waals surface area contributed by atoms with Crippen LogP contribution in [0.1, 0.15) is 76.5 Å². The molecule has 16 heteroatoms. The van der Waals surface area contributed by atoms with E-state index in [1.165, 1.54) is 5.56 Å². The Bertz CT molecular complexity index is 2160. The van der Waals surface area contributed by atoms with Crippen LogP contribution in [0.15, 0.2) is 90.7 Å². The summed E-state index contributed by atoms with van der Waals surface area (Å²) in [6, 6.07) is 12.1. The Hall–Kier alpha value is -4.77. The Kier molecular flexibility index (Phi) is 14.7. The number of carboxylic acids is 2. The smallest absolute Gasteiger partial charge is 0.326 e. The molecule has 0 aromatic heterocycles. The van der Waals surface area contributed by atoms with Crippen LogP contribution in [-0.4, -0.2) is 90.7 Å². The minimum Gasteiger partial charge on any atom is -0.481 e. The maximum absolute atomic E-state index is 12.8. The molecule has 4 rings (SSSR count). The van der Waals surface area contributed by atoms with Gasteiger partial charge in [-0.25, -0.2) is 4.79 Å². The van der Waals surface area contributed by atoms with Gasteiger partial charge in [-0.3, -0.25) is 18.7 Å². The van der Waals surface area contributed by atoms with Crippen LogP contribution >= 0.6 is 0 Å². The number of allylic oxidation sites excluding steroid dienone is 7. The molecule has 2 aliphatic heterocycles. The summed E-state index contributed by atoms with van der Waals surface area (Å²) < 4.78 is 63.7. The molecule has 2 aromatic rings. The molecule has 0 aliphatic carbocycles. The van der Waals surface area contributed by atoms with Crippen LogP contribution in [0, 0.1) is 0 Å². The van der Waals surface area contributed by atoms with Crippen LogP contribution in [0.25, 0.3) is 0 Å². The highest BCUT2D eigenvalue weighted by Crippen LogP contribution is 2.48. The first-order valence-corrected chi connectivity index (χ1v) is 22.0. The van der Waals surface area contributed by atoms with Crippen LogP contribution in [0.2, 0.25) is 0 Å². The molecule has 1 amide bonds. The number of nitrogens with zero attached hydrogens (tertiary/aromatic N) is 2. The molecule has 0 radical (unpaired) electrons. The molecule has 2 atom stereocenters. The lowest BCUT2D eigenvalue weighted by molar-refractivity contribution is -0.147. The van der Waals surface area contributed by atoms with Crippen LogP contribution in [0.5, 0.6) is 0 Å². The van der Waals surface area contributed by atoms with Gasteiger partial charge in [-0.15, -0.1) is 0 Å². The molecule has 2 aromatic carbocycles. The van der Waals surface area contributed by atoms with E-state index >= 15 is 0 Å². The average Bonchev–Trinajstić information content (AvgIpc) is 3.44. The second-order valence-electron chi connectivity index (χ2n) is 15.4. The summed E-state index contributed by atoms with van der Waals surface area (Å²) in [5.41, 5.74) is 4.76. The second-order valence-corrected chi connectivity index (χ2v) is 18.6. The quantitative estimate of drug-likeness (QED) is 0.0640. The Morgan fingerprint density at radius 1 is 0.789 bits per heavy atom. The fraction of sp³-hybridized carbons (Fsp3) is 0.439. The van der Waals surface area contributed by atoms with Crippen molar-refractivity contribution in [2.45, 2.75) is 89.1 Å². The van der Waals surface area contributed by atoms with E-state index < -0.39 is 56.0 Å². The third-order valence-electron chi connectivity index (χ3n) is 10.4. The van der Waals surface area contributed by atoms with Crippen LogP contribution in [0.3, 0.4) is 0 Å². The summed E-state index contributed by atoms with van der Waals surface area (Å²) >= 11 is 0. The van der Waals surface area contributed by atoms with Gasteiger partial charge in [0.1, 0.15) is 6.04 Å². The van der Waals surface area contributed by atoms with Gasteiger partial charge >= 0.3 is 11.9 Å². The number of carbonyl (C=O) groups excluding carboxylic acids is 1. The van der Waals surface area contributed by atoms with Crippen LogP contribution < -0.4 is 15.1 Å². The Morgan fingerprint density at radius 3 is 2.04 bits per heavy atom. The minimum atomic E-state index is -4.12. The van der Waals surface area contributed by atoms with Gasteiger partial charge in [0.25, 0.3) is 20.2 Å². The predicted octanol–water partition coefficient (Wildman–Crippen LogP) is 5.43. The monoisotopic (exact) mass is 827 g/mol. The number of hydrogen-bond donors (Lipinski definition) is 5. The fourth-order valence-electron chi connectivity index (χ4n) is 7.58. The molecule has 14 nitrogen and oxygen atoms in total. The van der Waals surface area contributed by atoms with Gasteiger partial charge in [-0.2, -0.15) is 16.8 Å². The summed E-state index contributed by atoms with van der Waals surface area (Å²) in [4.78, 5) is 39.7. The van der Waals surface area contributed by atoms with Crippen molar-refractivity contribution in [3.63, 3.8) is 0 Å². The van der Waals surface area contributed by atoms with Gasteiger partial charge in [0, 0.05) is 41.0 Å². The molecule has 0 fully saturated rings. The molecule has 57 heavy (non-hydrogen) atoms. The molecule has 2 aliphatic rings. The minimum absolute atomic E-state index is 0.00265. The van der Waals surface area contributed by atoms with Crippen LogP contribution in [0.4, 0.5) is 11.4 Å². The number of carbonyl (C=O) groups is 3. The molecule has 0 spiro atoms. The van der Waals surface area contributed by atoms with E-state index in [1.807, 2.05) is 74.6 Å². The van der Waals surface area contributed by atoms with Crippen molar-refractivity contribution in [2.75, 3.05) is 34.4 Å². The number of nitrogens with one attached hydrogen (secondary N) is 1. The van der Waals surface area contributed by atoms with Gasteiger partial charge in [-0.1, -0.05) is 94.5 Å². The zero-order chi connectivity index (χ0) is 42.2. The summed E-state index contributed by atoms with van der Waals surface area (Å²) in [6.07, 6.45) is 14.4. The van der Waals surface area contributed by atoms with Crippen molar-refractivity contribution >= 4 is 49.5 Å². The number of rotatable bonds is 20. The molecule has 0 saturated carbocycles. The third-order valence-corrected chi connectivity index (χ3v) is 12.0. The van der Waals surface area contributed by atoms with Crippen molar-refractivity contribution in [3.05, 3.63) is 107 Å². The second kappa shape index (κ2) is 18.7. The van der Waals surface area contributed by atoms with Crippen molar-refractivity contribution in [1.82, 2.24) is 5.32 Å². The van der Waals surface area contributed by atoms with Gasteiger partial charge in [0.2, 0.25) is 5.91 Å². The zero-order valence-electron chi connectivity index (χ0n) is 32.7. The van der Waals surface area contributed by atoms with Crippen LogP contribution in [-0.2, 0) is 51.9 Å². The van der Waals surface area contributed by atoms with Gasteiger partial charge < -0.3 is 25.3 Å². The van der Waals surface area contributed by atoms with E-state index in [1.54, 1.807) is 6.07 Å². The van der Waals surface area contributed by atoms with E-state index in [9.17, 15) is 40.9 Å². The highest BCUT2D eigenvalue weighted by molar-refractivity contribution is 7.86. The number of hydrogen-bond acceptors (Lipinski definition) is 9. The highest BCUT2D eigenvalue weighted by Gasteiger charge is 2.43. The molecule has 310 valence electrons. The number of unbranched alkanes of at least 4 members (excludes halogenated alkanes) is 2. The maximum Gasteiger partial charge on any atom is 0.326 e. The van der Waals surface area contributed by atoms with Crippen molar-refractivity contribution in [1.29, 1.82) is 0 Å². The zero-order valence-corrected chi connectivity index (χ0v) is 34.3. The lowest BCUT2D eigenvalue weighted by atomic mass is 9.80. The average molecular weight is 828 g/mol. The van der Waals surface area contributed by atoms with E-state index in [4.69, 9.17) is 9.66 Å². The Morgan fingerprint density at radius 2 is 1.40 bits per heavy atom. The number of para-hydroxylation sites is 1. The van der Waals surface area contributed by atoms with Gasteiger partial charge in [0.15, 0.2) is 0 Å². The van der Waals surface area contributed by atoms with Gasteiger partial charge in [0.05, 0.1) is 30.4 Å². The summed E-state index contributed by atoms with van der Waals surface area (Å²) in [5, 5.41) is 20.6. The first kappa shape index (κ1) is 44.9. The largest absolute Gasteiger partial charge is 0.481 e. The number of anilines is 2. The van der Waals surface area contributed by atoms with Gasteiger partial charge in [-0.05, 0) is 60.6 Å². The van der Waals surface area contributed by atoms with E-state index in [-0.39, 0.29) is 35.8 Å². The number of benzene rings is 2. The topological polar surface area (TPSA) is 219 Å². The molecule has 5 N–H and O–H groups in total. The number of amides is 1. The third kappa shape index (κ3) is 12.1. The molecule has 2 unspecified atom stereocenters. The summed E-state index contributed by atoms with van der Waals surface area (Å²) in [5.74, 6) is -4.07. The first-order valence-electron chi connectivity index (χ1n) is 18.8. The first-order chi connectivity index (χ1) is 26.6. The van der Waals surface area contributed by atoms with Crippen molar-refractivity contribution < 1.29 is 50.5 Å². The summed E-state index contributed by atoms with van der Waals surface area (Å²) in [7, 11) is -8.14. The van der Waals surface area contributed by atoms with E-state index in [2.05, 4.69) is 47.2 Å². The fourth-order valence-corrected chi connectivity index (χ4v) is 8.72. The normalized spacial score (nSPS) is 18.8. The predicted molar refractivity (Wildman–Crippen MR) is 220 cm³/mol. The lowest BCUT2D eigenvalue weighted by Gasteiger charge is -2.32. The lowest BCUT2D eigenvalue weighted by Crippen LogP contribution is -2.42. The highest BCUT2D eigenvalue weighted by atomic mass is 32.2. The molecule has 0 bridgehead atoms. The van der Waals surface area contributed by atoms with Crippen molar-refractivity contribution in [3.8, 4) is 0 Å². The number of fused-ring (bicyclic) bond motifs is 2. The Balaban J connectivity index is 1.52. The molecule has 0 saturated heterocycles. The standard InChI is InChI=1S/C41H53N3O11S2/c1-40(2)30-16-10-11-17-33(30)43(22-12-14-24-56(50,51)52)35(40)18-8-6-5-7-9-19-36-41(3,4)31-26-29(27-37(45)42-32(39(48)49)28-38(46)47)20-21-34(31)44(36)23-13-15-25-57(53,54)55/h5-11,16-21,26,32,35H,12-15,22-25,27-28H2,1-4H3,(H,42,45)(H,46,47)(H,48,49)(H,50,51,52)(H,53,54,55). The molecule has 2 heterocycles. The number of aliphatic carboxylic acids is 2. The Labute approximate surface area is 335 Å². The van der Waals surface area contributed by atoms with Crippen molar-refractivity contribution in [2.24, 2.45) is 0 Å². The van der Waals surface area contributed by atoms with E-state index in [0.717, 1.165) is 22.6 Å². The maximum atomic E-state index is 12.8. The molecular weight excluding hydrogens is 775 g/mol. The molecular formula is C41H53N3O11S2. The van der Waals surface area contributed by atoms with E-state index in [0.29, 0.717) is 37.9 Å². The summed E-state index contributed by atoms with van der Waals surface area (Å²) in [6.45, 7) is 9.48.